The maximum atomic E-state index is 6.16. The van der Waals surface area contributed by atoms with E-state index in [9.17, 15) is 0 Å². The van der Waals surface area contributed by atoms with E-state index in [1.165, 1.54) is 6.42 Å². The van der Waals surface area contributed by atoms with Gasteiger partial charge in [-0.2, -0.15) is 0 Å². The molecule has 0 radical (unpaired) electrons. The summed E-state index contributed by atoms with van der Waals surface area (Å²) in [5.41, 5.74) is 2.21. The van der Waals surface area contributed by atoms with Crippen molar-refractivity contribution >= 4 is 0 Å². The van der Waals surface area contributed by atoms with Crippen molar-refractivity contribution < 1.29 is 9.47 Å². The Morgan fingerprint density at radius 3 is 3.27 bits per heavy atom. The summed E-state index contributed by atoms with van der Waals surface area (Å²) < 4.78 is 11.9. The summed E-state index contributed by atoms with van der Waals surface area (Å²) >= 11 is 0. The highest BCUT2D eigenvalue weighted by Crippen LogP contribution is 2.36. The number of hydrogen-bond donors (Lipinski definition) is 0. The third-order valence-electron chi connectivity index (χ3n) is 4.57. The average Bonchev–Trinajstić information content (AvgIpc) is 2.88. The van der Waals surface area contributed by atoms with Crippen molar-refractivity contribution in [2.75, 3.05) is 26.3 Å². The number of nitrogens with zero attached hydrogens (tertiary/aromatic N) is 2. The minimum absolute atomic E-state index is 0.0199. The van der Waals surface area contributed by atoms with Crippen LogP contribution in [0.2, 0.25) is 0 Å². The Labute approximate surface area is 133 Å². The molecule has 0 aliphatic carbocycles. The molecule has 3 heterocycles. The average molecular weight is 302 g/mol. The normalized spacial score (nSPS) is 29.0. The fraction of sp³-hybridized carbons (Fsp3) is 0.611. The van der Waals surface area contributed by atoms with Crippen LogP contribution in [0.4, 0.5) is 0 Å². The summed E-state index contributed by atoms with van der Waals surface area (Å²) in [6.07, 6.45) is 5.34. The van der Waals surface area contributed by atoms with E-state index in [1.54, 1.807) is 0 Å². The first kappa shape index (κ1) is 15.7. The lowest BCUT2D eigenvalue weighted by Crippen LogP contribution is -2.47. The summed E-state index contributed by atoms with van der Waals surface area (Å²) in [6.45, 7) is 10.1. The Kier molecular flexibility index (Phi) is 4.91. The molecule has 2 atom stereocenters. The van der Waals surface area contributed by atoms with Gasteiger partial charge in [0.1, 0.15) is 0 Å². The predicted octanol–water partition coefficient (Wildman–Crippen LogP) is 2.72. The topological polar surface area (TPSA) is 34.6 Å². The van der Waals surface area contributed by atoms with Gasteiger partial charge in [-0.3, -0.25) is 9.88 Å². The molecule has 3 rings (SSSR count). The molecule has 120 valence electrons. The van der Waals surface area contributed by atoms with E-state index in [4.69, 9.17) is 9.47 Å². The van der Waals surface area contributed by atoms with E-state index >= 15 is 0 Å². The monoisotopic (exact) mass is 302 g/mol. The van der Waals surface area contributed by atoms with Crippen molar-refractivity contribution in [2.45, 2.75) is 44.4 Å². The van der Waals surface area contributed by atoms with E-state index in [0.717, 1.165) is 43.9 Å². The molecule has 1 aromatic rings. The molecular weight excluding hydrogens is 276 g/mol. The molecule has 1 aromatic heterocycles. The van der Waals surface area contributed by atoms with Gasteiger partial charge in [-0.25, -0.2) is 0 Å². The molecule has 4 nitrogen and oxygen atoms in total. The Morgan fingerprint density at radius 1 is 1.55 bits per heavy atom. The zero-order chi connectivity index (χ0) is 15.4. The fourth-order valence-electron chi connectivity index (χ4n) is 3.64. The van der Waals surface area contributed by atoms with Crippen LogP contribution < -0.4 is 0 Å². The van der Waals surface area contributed by atoms with Crippen LogP contribution >= 0.6 is 0 Å². The quantitative estimate of drug-likeness (QED) is 0.783. The van der Waals surface area contributed by atoms with E-state index in [1.807, 2.05) is 19.1 Å². The molecular formula is C18H26N2O2. The van der Waals surface area contributed by atoms with Crippen molar-refractivity contribution in [3.63, 3.8) is 0 Å². The molecule has 2 fully saturated rings. The summed E-state index contributed by atoms with van der Waals surface area (Å²) in [5.74, 6) is 0. The van der Waals surface area contributed by atoms with Crippen LogP contribution in [-0.4, -0.2) is 47.9 Å². The smallest absolute Gasteiger partial charge is 0.0841 e. The summed E-state index contributed by atoms with van der Waals surface area (Å²) in [4.78, 5) is 7.09. The lowest BCUT2D eigenvalue weighted by molar-refractivity contribution is -0.0546. The SMILES string of the molecule is C=CCO[C@@H]1CO[C@@]2(CCCN(Cc3cccc(C)n3)C2)C1. The van der Waals surface area contributed by atoms with Gasteiger partial charge >= 0.3 is 0 Å². The number of aromatic nitrogens is 1. The van der Waals surface area contributed by atoms with Crippen LogP contribution in [0.3, 0.4) is 0 Å². The van der Waals surface area contributed by atoms with Crippen molar-refractivity contribution in [2.24, 2.45) is 0 Å². The molecule has 2 aliphatic heterocycles. The Hall–Kier alpha value is -1.23. The van der Waals surface area contributed by atoms with Gasteiger partial charge in [-0.05, 0) is 38.4 Å². The predicted molar refractivity (Wildman–Crippen MR) is 86.7 cm³/mol. The number of hydrogen-bond acceptors (Lipinski definition) is 4. The summed E-state index contributed by atoms with van der Waals surface area (Å²) in [7, 11) is 0. The summed E-state index contributed by atoms with van der Waals surface area (Å²) in [6, 6.07) is 6.24. The molecule has 2 saturated heterocycles. The maximum Gasteiger partial charge on any atom is 0.0841 e. The Morgan fingerprint density at radius 2 is 2.45 bits per heavy atom. The van der Waals surface area contributed by atoms with E-state index < -0.39 is 0 Å². The first-order chi connectivity index (χ1) is 10.7. The van der Waals surface area contributed by atoms with Gasteiger partial charge in [-0.1, -0.05) is 12.1 Å². The third kappa shape index (κ3) is 3.75. The van der Waals surface area contributed by atoms with Gasteiger partial charge in [0.2, 0.25) is 0 Å². The number of piperidine rings is 1. The molecule has 2 aliphatic rings. The minimum Gasteiger partial charge on any atom is -0.372 e. The van der Waals surface area contributed by atoms with Crippen molar-refractivity contribution in [1.82, 2.24) is 9.88 Å². The molecule has 1 spiro atoms. The molecule has 0 saturated carbocycles. The molecule has 0 aromatic carbocycles. The molecule has 0 N–H and O–H groups in total. The van der Waals surface area contributed by atoms with Gasteiger partial charge in [-0.15, -0.1) is 6.58 Å². The van der Waals surface area contributed by atoms with Gasteiger partial charge in [0.05, 0.1) is 30.6 Å². The zero-order valence-corrected chi connectivity index (χ0v) is 13.5. The molecule has 0 amide bonds. The van der Waals surface area contributed by atoms with E-state index in [0.29, 0.717) is 13.2 Å². The number of pyridine rings is 1. The molecule has 0 unspecified atom stereocenters. The van der Waals surface area contributed by atoms with Crippen molar-refractivity contribution in [3.05, 3.63) is 42.2 Å². The van der Waals surface area contributed by atoms with Gasteiger partial charge < -0.3 is 9.47 Å². The molecule has 4 heteroatoms. The summed E-state index contributed by atoms with van der Waals surface area (Å²) in [5, 5.41) is 0. The van der Waals surface area contributed by atoms with Gasteiger partial charge in [0.15, 0.2) is 0 Å². The van der Waals surface area contributed by atoms with Gasteiger partial charge in [0, 0.05) is 25.2 Å². The van der Waals surface area contributed by atoms with Crippen LogP contribution in [0.1, 0.15) is 30.7 Å². The van der Waals surface area contributed by atoms with Crippen LogP contribution in [-0.2, 0) is 16.0 Å². The molecule has 0 bridgehead atoms. The van der Waals surface area contributed by atoms with Crippen LogP contribution in [0.15, 0.2) is 30.9 Å². The second-order valence-electron chi connectivity index (χ2n) is 6.53. The number of aryl methyl sites for hydroxylation is 1. The fourth-order valence-corrected chi connectivity index (χ4v) is 3.64. The molecule has 22 heavy (non-hydrogen) atoms. The lowest BCUT2D eigenvalue weighted by atomic mass is 9.89. The second-order valence-corrected chi connectivity index (χ2v) is 6.53. The number of likely N-dealkylation sites (tertiary alicyclic amines) is 1. The highest BCUT2D eigenvalue weighted by Gasteiger charge is 2.43. The second kappa shape index (κ2) is 6.90. The van der Waals surface area contributed by atoms with Crippen molar-refractivity contribution in [1.29, 1.82) is 0 Å². The van der Waals surface area contributed by atoms with Crippen LogP contribution in [0, 0.1) is 6.92 Å². The maximum absolute atomic E-state index is 6.16. The van der Waals surface area contributed by atoms with Crippen LogP contribution in [0.25, 0.3) is 0 Å². The third-order valence-corrected chi connectivity index (χ3v) is 4.57. The highest BCUT2D eigenvalue weighted by atomic mass is 16.6. The standard InChI is InChI=1S/C18H26N2O2/c1-3-10-21-17-11-18(22-13-17)8-5-9-20(14-18)12-16-7-4-6-15(2)19-16/h3-4,6-7,17H,1,5,8-14H2,2H3/t17-,18-/m0/s1. The van der Waals surface area contributed by atoms with E-state index in [-0.39, 0.29) is 11.7 Å². The van der Waals surface area contributed by atoms with Crippen LogP contribution in [0.5, 0.6) is 0 Å². The highest BCUT2D eigenvalue weighted by molar-refractivity contribution is 5.10. The first-order valence-electron chi connectivity index (χ1n) is 8.20. The first-order valence-corrected chi connectivity index (χ1v) is 8.20. The lowest BCUT2D eigenvalue weighted by Gasteiger charge is -2.39. The largest absolute Gasteiger partial charge is 0.372 e. The number of rotatable bonds is 5. The minimum atomic E-state index is -0.0199. The van der Waals surface area contributed by atoms with E-state index in [2.05, 4.69) is 28.6 Å². The number of ether oxygens (including phenoxy) is 2. The Bertz CT molecular complexity index is 520. The van der Waals surface area contributed by atoms with Crippen molar-refractivity contribution in [3.8, 4) is 0 Å². The van der Waals surface area contributed by atoms with Gasteiger partial charge in [0.25, 0.3) is 0 Å². The Balaban J connectivity index is 1.59. The zero-order valence-electron chi connectivity index (χ0n) is 13.5.